The molecule has 1 unspecified atom stereocenters. The number of carbonyl (C=O) groups excluding carboxylic acids is 1. The van der Waals surface area contributed by atoms with Gasteiger partial charge in [-0.2, -0.15) is 0 Å². The molecule has 1 aromatic heterocycles. The minimum absolute atomic E-state index is 0.514. The number of aromatic nitrogens is 1. The molecule has 0 saturated heterocycles. The molecule has 0 spiro atoms. The summed E-state index contributed by atoms with van der Waals surface area (Å²) < 4.78 is 1.01. The third kappa shape index (κ3) is 2.11. The van der Waals surface area contributed by atoms with Gasteiger partial charge in [-0.05, 0) is 30.2 Å². The van der Waals surface area contributed by atoms with Gasteiger partial charge in [-0.1, -0.05) is 15.9 Å². The van der Waals surface area contributed by atoms with E-state index >= 15 is 0 Å². The number of H-pyrrole nitrogens is 1. The summed E-state index contributed by atoms with van der Waals surface area (Å²) in [6.45, 7) is 0. The van der Waals surface area contributed by atoms with Crippen LogP contribution in [0.3, 0.4) is 0 Å². The van der Waals surface area contributed by atoms with Gasteiger partial charge >= 0.3 is 0 Å². The second-order valence-corrected chi connectivity index (χ2v) is 4.35. The smallest absolute Gasteiger partial charge is 0.217 e. The van der Waals surface area contributed by atoms with E-state index in [4.69, 9.17) is 5.73 Å². The van der Waals surface area contributed by atoms with E-state index in [0.29, 0.717) is 6.42 Å². The lowest BCUT2D eigenvalue weighted by atomic mass is 10.1. The fourth-order valence-electron chi connectivity index (χ4n) is 1.60. The first-order chi connectivity index (χ1) is 7.20. The monoisotopic (exact) mass is 265 g/mol. The van der Waals surface area contributed by atoms with E-state index in [1.54, 1.807) is 6.29 Å². The SMILES string of the molecule is NC([C]=O)Cc1c[nH]c2ccc(Br)cc12. The third-order valence-electron chi connectivity index (χ3n) is 2.32. The molecule has 0 aliphatic heterocycles. The molecule has 0 aliphatic carbocycles. The van der Waals surface area contributed by atoms with Crippen molar-refractivity contribution in [2.75, 3.05) is 0 Å². The molecule has 4 heteroatoms. The normalized spacial score (nSPS) is 12.9. The van der Waals surface area contributed by atoms with E-state index < -0.39 is 6.04 Å². The van der Waals surface area contributed by atoms with E-state index in [-0.39, 0.29) is 0 Å². The highest BCUT2D eigenvalue weighted by Gasteiger charge is 2.08. The first-order valence-corrected chi connectivity index (χ1v) is 5.39. The van der Waals surface area contributed by atoms with Crippen LogP contribution in [0.5, 0.6) is 0 Å². The van der Waals surface area contributed by atoms with Crippen molar-refractivity contribution < 1.29 is 4.79 Å². The topological polar surface area (TPSA) is 58.9 Å². The maximum atomic E-state index is 10.4. The molecule has 77 valence electrons. The Labute approximate surface area is 95.8 Å². The lowest BCUT2D eigenvalue weighted by Gasteiger charge is -2.01. The number of rotatable bonds is 3. The molecule has 2 rings (SSSR count). The van der Waals surface area contributed by atoms with Crippen LogP contribution in [0.4, 0.5) is 0 Å². The predicted molar refractivity (Wildman–Crippen MR) is 63.4 cm³/mol. The van der Waals surface area contributed by atoms with Crippen LogP contribution in [0.15, 0.2) is 28.9 Å². The molecule has 1 atom stereocenters. The zero-order chi connectivity index (χ0) is 10.8. The van der Waals surface area contributed by atoms with Crippen LogP contribution >= 0.6 is 15.9 Å². The quantitative estimate of drug-likeness (QED) is 0.891. The molecule has 1 radical (unpaired) electrons. The maximum absolute atomic E-state index is 10.4. The summed E-state index contributed by atoms with van der Waals surface area (Å²) in [6.07, 6.45) is 4.18. The molecule has 1 heterocycles. The Morgan fingerprint density at radius 1 is 1.53 bits per heavy atom. The minimum Gasteiger partial charge on any atom is -0.361 e. The summed E-state index contributed by atoms with van der Waals surface area (Å²) in [6, 6.07) is 5.41. The summed E-state index contributed by atoms with van der Waals surface area (Å²) in [5.41, 5.74) is 7.64. The van der Waals surface area contributed by atoms with Gasteiger partial charge in [0.2, 0.25) is 6.29 Å². The molecule has 0 fully saturated rings. The Bertz CT molecular complexity index is 492. The molecule has 1 aromatic carbocycles. The van der Waals surface area contributed by atoms with Crippen molar-refractivity contribution in [3.8, 4) is 0 Å². The van der Waals surface area contributed by atoms with Gasteiger partial charge in [0, 0.05) is 21.6 Å². The van der Waals surface area contributed by atoms with Gasteiger partial charge in [0.05, 0.1) is 6.04 Å². The Hall–Kier alpha value is -1.13. The molecule has 2 aromatic rings. The van der Waals surface area contributed by atoms with Crippen molar-refractivity contribution in [2.24, 2.45) is 5.73 Å². The summed E-state index contributed by atoms with van der Waals surface area (Å²) in [5.74, 6) is 0. The number of fused-ring (bicyclic) bond motifs is 1. The molecular formula is C11H10BrN2O. The molecule has 0 aliphatic rings. The Morgan fingerprint density at radius 2 is 2.33 bits per heavy atom. The largest absolute Gasteiger partial charge is 0.361 e. The first-order valence-electron chi connectivity index (χ1n) is 4.59. The zero-order valence-corrected chi connectivity index (χ0v) is 9.54. The highest BCUT2D eigenvalue weighted by atomic mass is 79.9. The van der Waals surface area contributed by atoms with Crippen LogP contribution in [0.1, 0.15) is 5.56 Å². The molecule has 0 saturated carbocycles. The second kappa shape index (κ2) is 4.16. The number of nitrogens with one attached hydrogen (secondary N) is 1. The van der Waals surface area contributed by atoms with Crippen LogP contribution in [0, 0.1) is 0 Å². The second-order valence-electron chi connectivity index (χ2n) is 3.43. The molecule has 0 bridgehead atoms. The Balaban J connectivity index is 2.43. The molecule has 0 amide bonds. The van der Waals surface area contributed by atoms with E-state index in [1.165, 1.54) is 0 Å². The summed E-state index contributed by atoms with van der Waals surface area (Å²) in [4.78, 5) is 13.5. The number of nitrogens with two attached hydrogens (primary N) is 1. The van der Waals surface area contributed by atoms with Crippen molar-refractivity contribution in [1.82, 2.24) is 4.98 Å². The standard InChI is InChI=1S/C11H10BrN2O/c12-8-1-2-11-10(4-8)7(5-14-11)3-9(13)6-15/h1-2,4-5,9,14H,3,13H2. The van der Waals surface area contributed by atoms with E-state index in [9.17, 15) is 4.79 Å². The van der Waals surface area contributed by atoms with Crippen molar-refractivity contribution in [3.05, 3.63) is 34.4 Å². The van der Waals surface area contributed by atoms with E-state index in [1.807, 2.05) is 24.4 Å². The van der Waals surface area contributed by atoms with Gasteiger partial charge in [-0.25, -0.2) is 0 Å². The fraction of sp³-hybridized carbons (Fsp3) is 0.182. The van der Waals surface area contributed by atoms with Gasteiger partial charge < -0.3 is 10.7 Å². The van der Waals surface area contributed by atoms with E-state index in [2.05, 4.69) is 20.9 Å². The lowest BCUT2D eigenvalue weighted by molar-refractivity contribution is 0.541. The Morgan fingerprint density at radius 3 is 3.07 bits per heavy atom. The molecular weight excluding hydrogens is 256 g/mol. The third-order valence-corrected chi connectivity index (χ3v) is 2.81. The number of halogens is 1. The van der Waals surface area contributed by atoms with Gasteiger partial charge in [-0.15, -0.1) is 0 Å². The van der Waals surface area contributed by atoms with Crippen LogP contribution in [-0.2, 0) is 11.2 Å². The lowest BCUT2D eigenvalue weighted by Crippen LogP contribution is -2.23. The van der Waals surface area contributed by atoms with E-state index in [0.717, 1.165) is 20.9 Å². The van der Waals surface area contributed by atoms with Crippen LogP contribution in [0.25, 0.3) is 10.9 Å². The minimum atomic E-state index is -0.553. The summed E-state index contributed by atoms with van der Waals surface area (Å²) in [7, 11) is 0. The first kappa shape index (κ1) is 10.4. The Kier molecular flexibility index (Phi) is 2.88. The average Bonchev–Trinajstić information content (AvgIpc) is 2.61. The van der Waals surface area contributed by atoms with Crippen LogP contribution in [-0.4, -0.2) is 17.3 Å². The van der Waals surface area contributed by atoms with Gasteiger partial charge in [0.25, 0.3) is 0 Å². The molecule has 3 nitrogen and oxygen atoms in total. The number of benzene rings is 1. The zero-order valence-electron chi connectivity index (χ0n) is 7.96. The summed E-state index contributed by atoms with van der Waals surface area (Å²) >= 11 is 3.41. The van der Waals surface area contributed by atoms with Crippen molar-refractivity contribution in [3.63, 3.8) is 0 Å². The highest BCUT2D eigenvalue weighted by Crippen LogP contribution is 2.23. The van der Waals surface area contributed by atoms with Gasteiger partial charge in [0.1, 0.15) is 0 Å². The van der Waals surface area contributed by atoms with Crippen LogP contribution < -0.4 is 5.73 Å². The van der Waals surface area contributed by atoms with Crippen LogP contribution in [0.2, 0.25) is 0 Å². The van der Waals surface area contributed by atoms with Crippen molar-refractivity contribution in [1.29, 1.82) is 0 Å². The molecule has 15 heavy (non-hydrogen) atoms. The van der Waals surface area contributed by atoms with Gasteiger partial charge in [-0.3, -0.25) is 4.79 Å². The van der Waals surface area contributed by atoms with Crippen molar-refractivity contribution in [2.45, 2.75) is 12.5 Å². The fourth-order valence-corrected chi connectivity index (χ4v) is 1.96. The van der Waals surface area contributed by atoms with Gasteiger partial charge in [0.15, 0.2) is 0 Å². The highest BCUT2D eigenvalue weighted by molar-refractivity contribution is 9.10. The maximum Gasteiger partial charge on any atom is 0.217 e. The number of hydrogen-bond donors (Lipinski definition) is 2. The summed E-state index contributed by atoms with van der Waals surface area (Å²) in [5, 5.41) is 1.09. The number of hydrogen-bond acceptors (Lipinski definition) is 2. The van der Waals surface area contributed by atoms with Crippen molar-refractivity contribution >= 4 is 33.1 Å². The molecule has 3 N–H and O–H groups in total. The average molecular weight is 266 g/mol. The number of aromatic amines is 1. The predicted octanol–water partition coefficient (Wildman–Crippen LogP) is 1.91.